The van der Waals surface area contributed by atoms with Gasteiger partial charge in [-0.2, -0.15) is 0 Å². The Morgan fingerprint density at radius 3 is 2.26 bits per heavy atom. The zero-order valence-electron chi connectivity index (χ0n) is 30.4. The Labute approximate surface area is 315 Å². The third kappa shape index (κ3) is 4.59. The summed E-state index contributed by atoms with van der Waals surface area (Å²) in [6.45, 7) is 4.72. The van der Waals surface area contributed by atoms with Gasteiger partial charge in [-0.3, -0.25) is 0 Å². The number of benzene rings is 6. The van der Waals surface area contributed by atoms with Gasteiger partial charge in [-0.05, 0) is 92.9 Å². The molecule has 0 radical (unpaired) electrons. The van der Waals surface area contributed by atoms with E-state index in [9.17, 15) is 0 Å². The van der Waals surface area contributed by atoms with Crippen LogP contribution in [0.15, 0.2) is 152 Å². The maximum atomic E-state index is 5.37. The van der Waals surface area contributed by atoms with Gasteiger partial charge in [-0.25, -0.2) is 15.0 Å². The van der Waals surface area contributed by atoms with Crippen LogP contribution in [0.1, 0.15) is 54.0 Å². The van der Waals surface area contributed by atoms with Crippen molar-refractivity contribution in [2.24, 2.45) is 0 Å². The van der Waals surface area contributed by atoms with Gasteiger partial charge < -0.3 is 4.90 Å². The summed E-state index contributed by atoms with van der Waals surface area (Å²) < 4.78 is 0. The van der Waals surface area contributed by atoms with Crippen LogP contribution >= 0.6 is 0 Å². The minimum Gasteiger partial charge on any atom is -0.333 e. The van der Waals surface area contributed by atoms with Crippen LogP contribution in [-0.4, -0.2) is 21.0 Å². The van der Waals surface area contributed by atoms with E-state index in [1.807, 2.05) is 6.07 Å². The summed E-state index contributed by atoms with van der Waals surface area (Å²) in [6, 6.07) is 44.0. The molecular weight excluding hydrogens is 657 g/mol. The number of aromatic nitrogens is 3. The summed E-state index contributed by atoms with van der Waals surface area (Å²) in [5.41, 5.74) is 14.5. The second-order valence-electron chi connectivity index (χ2n) is 15.5. The van der Waals surface area contributed by atoms with Crippen LogP contribution in [0.4, 0.5) is 11.4 Å². The highest BCUT2D eigenvalue weighted by Crippen LogP contribution is 2.55. The van der Waals surface area contributed by atoms with E-state index in [4.69, 9.17) is 15.0 Å². The van der Waals surface area contributed by atoms with E-state index < -0.39 is 0 Å². The molecule has 0 amide bonds. The van der Waals surface area contributed by atoms with Crippen molar-refractivity contribution >= 4 is 28.2 Å². The summed E-state index contributed by atoms with van der Waals surface area (Å²) in [6.07, 6.45) is 15.8. The van der Waals surface area contributed by atoms with Gasteiger partial charge in [0.15, 0.2) is 17.5 Å². The topological polar surface area (TPSA) is 41.9 Å². The number of hydrogen-bond acceptors (Lipinski definition) is 4. The molecule has 1 aliphatic heterocycles. The van der Waals surface area contributed by atoms with Crippen molar-refractivity contribution in [3.8, 4) is 45.3 Å². The van der Waals surface area contributed by atoms with Crippen molar-refractivity contribution in [2.75, 3.05) is 4.90 Å². The maximum absolute atomic E-state index is 5.37. The van der Waals surface area contributed by atoms with E-state index in [1.165, 1.54) is 61.1 Å². The Hall–Kier alpha value is -6.39. The molecule has 2 unspecified atom stereocenters. The molecule has 4 heteroatoms. The molecule has 6 aromatic carbocycles. The molecule has 4 nitrogen and oxygen atoms in total. The van der Waals surface area contributed by atoms with Crippen LogP contribution in [0.2, 0.25) is 0 Å². The lowest BCUT2D eigenvalue weighted by Gasteiger charge is -2.28. The summed E-state index contributed by atoms with van der Waals surface area (Å²) >= 11 is 0. The highest BCUT2D eigenvalue weighted by atomic mass is 15.2. The highest BCUT2D eigenvalue weighted by Gasteiger charge is 2.40. The van der Waals surface area contributed by atoms with Crippen molar-refractivity contribution in [2.45, 2.75) is 44.1 Å². The molecule has 54 heavy (non-hydrogen) atoms. The summed E-state index contributed by atoms with van der Waals surface area (Å²) in [5.74, 6) is 2.29. The maximum Gasteiger partial charge on any atom is 0.164 e. The van der Waals surface area contributed by atoms with Crippen molar-refractivity contribution < 1.29 is 0 Å². The van der Waals surface area contributed by atoms with Gasteiger partial charge in [0.2, 0.25) is 0 Å². The molecule has 7 aromatic rings. The lowest BCUT2D eigenvalue weighted by atomic mass is 9.79. The molecule has 2 atom stereocenters. The molecular formula is C50H38N4. The first-order chi connectivity index (χ1) is 26.5. The Kier molecular flexibility index (Phi) is 6.82. The summed E-state index contributed by atoms with van der Waals surface area (Å²) in [4.78, 5) is 18.3. The lowest BCUT2D eigenvalue weighted by Crippen LogP contribution is -2.28. The molecule has 0 saturated carbocycles. The molecule has 11 rings (SSSR count). The van der Waals surface area contributed by atoms with Gasteiger partial charge in [-0.15, -0.1) is 0 Å². The van der Waals surface area contributed by atoms with Gasteiger partial charge in [0.25, 0.3) is 0 Å². The van der Waals surface area contributed by atoms with Crippen LogP contribution in [0.3, 0.4) is 0 Å². The number of para-hydroxylation sites is 1. The monoisotopic (exact) mass is 694 g/mol. The van der Waals surface area contributed by atoms with E-state index in [1.54, 1.807) is 0 Å². The first-order valence-corrected chi connectivity index (χ1v) is 19.1. The largest absolute Gasteiger partial charge is 0.333 e. The van der Waals surface area contributed by atoms with Crippen LogP contribution < -0.4 is 4.90 Å². The number of nitrogens with zero attached hydrogens (tertiary/aromatic N) is 4. The van der Waals surface area contributed by atoms with Gasteiger partial charge in [0.05, 0.1) is 6.04 Å². The fourth-order valence-corrected chi connectivity index (χ4v) is 9.60. The third-order valence-electron chi connectivity index (χ3n) is 12.1. The molecule has 4 aliphatic rings. The van der Waals surface area contributed by atoms with Gasteiger partial charge in [0, 0.05) is 39.4 Å². The predicted octanol–water partition coefficient (Wildman–Crippen LogP) is 12.0. The smallest absolute Gasteiger partial charge is 0.164 e. The minimum atomic E-state index is -0.263. The quantitative estimate of drug-likeness (QED) is 0.184. The second-order valence-corrected chi connectivity index (χ2v) is 15.5. The Balaban J connectivity index is 1.11. The first kappa shape index (κ1) is 31.2. The van der Waals surface area contributed by atoms with Crippen LogP contribution in [-0.2, 0) is 11.8 Å². The Morgan fingerprint density at radius 2 is 1.41 bits per heavy atom. The Bertz CT molecular complexity index is 2760. The van der Waals surface area contributed by atoms with E-state index in [2.05, 4.69) is 170 Å². The average molecular weight is 695 g/mol. The van der Waals surface area contributed by atoms with Gasteiger partial charge in [-0.1, -0.05) is 141 Å². The average Bonchev–Trinajstić information content (AvgIpc) is 3.69. The highest BCUT2D eigenvalue weighted by molar-refractivity contribution is 6.08. The normalized spacial score (nSPS) is 18.3. The second kappa shape index (κ2) is 11.8. The van der Waals surface area contributed by atoms with Gasteiger partial charge >= 0.3 is 0 Å². The number of fused-ring (bicyclic) bond motifs is 10. The molecule has 0 bridgehead atoms. The van der Waals surface area contributed by atoms with Crippen molar-refractivity contribution in [3.05, 3.63) is 180 Å². The zero-order valence-corrected chi connectivity index (χ0v) is 30.4. The van der Waals surface area contributed by atoms with E-state index >= 15 is 0 Å². The van der Waals surface area contributed by atoms with E-state index in [-0.39, 0.29) is 17.4 Å². The van der Waals surface area contributed by atoms with Gasteiger partial charge in [0.1, 0.15) is 0 Å². The zero-order chi connectivity index (χ0) is 36.0. The number of rotatable bonds is 4. The summed E-state index contributed by atoms with van der Waals surface area (Å²) in [5, 5.41) is 2.65. The predicted molar refractivity (Wildman–Crippen MR) is 222 cm³/mol. The van der Waals surface area contributed by atoms with Crippen LogP contribution in [0.25, 0.3) is 62.1 Å². The number of hydrogen-bond donors (Lipinski definition) is 0. The Morgan fingerprint density at radius 1 is 0.667 bits per heavy atom. The number of allylic oxidation sites excluding steroid dienone is 3. The molecule has 2 heterocycles. The molecule has 0 fully saturated rings. The lowest BCUT2D eigenvalue weighted by molar-refractivity contribution is 0.661. The molecule has 0 saturated heterocycles. The molecule has 0 spiro atoms. The number of aryl methyl sites for hydroxylation is 1. The third-order valence-corrected chi connectivity index (χ3v) is 12.1. The summed E-state index contributed by atoms with van der Waals surface area (Å²) in [7, 11) is 0. The van der Waals surface area contributed by atoms with E-state index in [0.717, 1.165) is 29.5 Å². The fraction of sp³-hybridized carbons (Fsp3) is 0.140. The molecule has 1 aromatic heterocycles. The first-order valence-electron chi connectivity index (χ1n) is 19.1. The minimum absolute atomic E-state index is 0.212. The van der Waals surface area contributed by atoms with E-state index in [0.29, 0.717) is 17.5 Å². The molecule has 258 valence electrons. The van der Waals surface area contributed by atoms with Crippen molar-refractivity contribution in [1.82, 2.24) is 15.0 Å². The molecule has 0 N–H and O–H groups in total. The fourth-order valence-electron chi connectivity index (χ4n) is 9.60. The van der Waals surface area contributed by atoms with Crippen LogP contribution in [0, 0.1) is 0 Å². The molecule has 3 aliphatic carbocycles. The number of anilines is 2. The van der Waals surface area contributed by atoms with Crippen molar-refractivity contribution in [1.29, 1.82) is 0 Å². The van der Waals surface area contributed by atoms with Crippen LogP contribution in [0.5, 0.6) is 0 Å². The van der Waals surface area contributed by atoms with Crippen molar-refractivity contribution in [3.63, 3.8) is 0 Å². The standard InChI is InChI=1S/C50H38N4/c1-50(2)41-28-26-32-25-24-31-14-9-10-19-36(31)44(32)45(41)38-21-13-22-39(46(38)50)49-52-47(33-15-5-3-6-16-33)51-48(53-49)34-27-29-43-40(30-34)37-20-11-12-23-42(37)54(43)35-17-7-4-8-18-35/h3-8,10-13,15-30,37,42H,9,14H2,1-2H3. The SMILES string of the molecule is CC1(C)c2ccc3ccc4c(c3c2-c2cccc(-c3nc(-c5ccccc5)nc(-c5ccc6c(c5)C5C=CC=CC5N6c5ccccc5)n3)c21)C=CCC4.